The molecule has 0 unspecified atom stereocenters. The van der Waals surface area contributed by atoms with E-state index in [-0.39, 0.29) is 6.10 Å². The van der Waals surface area contributed by atoms with Gasteiger partial charge in [-0.2, -0.15) is 0 Å². The van der Waals surface area contributed by atoms with Gasteiger partial charge >= 0.3 is 0 Å². The van der Waals surface area contributed by atoms with Crippen LogP contribution in [-0.4, -0.2) is 49.0 Å². The van der Waals surface area contributed by atoms with Crippen LogP contribution in [0.5, 0.6) is 0 Å². The summed E-state index contributed by atoms with van der Waals surface area (Å²) in [5.74, 6) is 0. The highest BCUT2D eigenvalue weighted by Gasteiger charge is 2.23. The molecule has 1 aliphatic carbocycles. The van der Waals surface area contributed by atoms with E-state index in [1.165, 1.54) is 0 Å². The molecule has 0 saturated heterocycles. The van der Waals surface area contributed by atoms with Crippen molar-refractivity contribution in [1.82, 2.24) is 4.90 Å². The van der Waals surface area contributed by atoms with Gasteiger partial charge in [0.2, 0.25) is 0 Å². The van der Waals surface area contributed by atoms with Gasteiger partial charge in [0, 0.05) is 19.7 Å². The number of aliphatic hydroxyl groups excluding tert-OH is 1. The van der Waals surface area contributed by atoms with Crippen LogP contribution in [0.25, 0.3) is 0 Å². The fraction of sp³-hybridized carbons (Fsp3) is 1.00. The minimum Gasteiger partial charge on any atom is -0.393 e. The van der Waals surface area contributed by atoms with Gasteiger partial charge in [-0.1, -0.05) is 6.92 Å². The molecule has 3 nitrogen and oxygen atoms in total. The first kappa shape index (κ1) is 12.0. The maximum Gasteiger partial charge on any atom is 0.0589 e. The summed E-state index contributed by atoms with van der Waals surface area (Å²) >= 11 is 0. The number of nitrogens with zero attached hydrogens (tertiary/aromatic N) is 1. The van der Waals surface area contributed by atoms with Crippen LogP contribution in [0.4, 0.5) is 0 Å². The van der Waals surface area contributed by atoms with Crippen LogP contribution in [0, 0.1) is 0 Å². The molecule has 0 aromatic heterocycles. The summed E-state index contributed by atoms with van der Waals surface area (Å²) in [5.41, 5.74) is 0. The Morgan fingerprint density at radius 2 is 1.93 bits per heavy atom. The molecule has 1 rings (SSSR count). The van der Waals surface area contributed by atoms with Gasteiger partial charge in [0.25, 0.3) is 0 Å². The van der Waals surface area contributed by atoms with Crippen molar-refractivity contribution in [2.24, 2.45) is 0 Å². The number of likely N-dealkylation sites (N-methyl/N-ethyl adjacent to an activating group) is 1. The Morgan fingerprint density at radius 3 is 2.43 bits per heavy atom. The highest BCUT2D eigenvalue weighted by Crippen LogP contribution is 2.22. The molecule has 0 radical (unpaired) electrons. The molecule has 1 N–H and O–H groups in total. The van der Waals surface area contributed by atoms with E-state index in [2.05, 4.69) is 11.8 Å². The molecule has 0 heterocycles. The Hall–Kier alpha value is -0.120. The van der Waals surface area contributed by atoms with Crippen molar-refractivity contribution in [1.29, 1.82) is 0 Å². The van der Waals surface area contributed by atoms with Crippen LogP contribution in [0.15, 0.2) is 0 Å². The van der Waals surface area contributed by atoms with Gasteiger partial charge in [0.15, 0.2) is 0 Å². The second-order valence-electron chi connectivity index (χ2n) is 4.08. The Bertz CT molecular complexity index is 141. The predicted molar refractivity (Wildman–Crippen MR) is 57.4 cm³/mol. The highest BCUT2D eigenvalue weighted by molar-refractivity contribution is 4.78. The molecule has 0 aromatic carbocycles. The number of rotatable bonds is 5. The number of ether oxygens (including phenoxy) is 1. The van der Waals surface area contributed by atoms with Gasteiger partial charge in [-0.3, -0.25) is 4.90 Å². The average molecular weight is 201 g/mol. The normalized spacial score (nSPS) is 28.3. The van der Waals surface area contributed by atoms with Gasteiger partial charge in [-0.05, 0) is 32.2 Å². The van der Waals surface area contributed by atoms with Crippen molar-refractivity contribution in [2.45, 2.75) is 44.8 Å². The predicted octanol–water partition coefficient (Wildman–Crippen LogP) is 1.26. The zero-order chi connectivity index (χ0) is 10.4. The van der Waals surface area contributed by atoms with Crippen molar-refractivity contribution in [3.63, 3.8) is 0 Å². The summed E-state index contributed by atoms with van der Waals surface area (Å²) < 4.78 is 5.10. The lowest BCUT2D eigenvalue weighted by Crippen LogP contribution is -2.40. The van der Waals surface area contributed by atoms with Crippen molar-refractivity contribution in [3.05, 3.63) is 0 Å². The third-order valence-corrected chi connectivity index (χ3v) is 3.17. The average Bonchev–Trinajstić information content (AvgIpc) is 2.21. The Morgan fingerprint density at radius 1 is 1.29 bits per heavy atom. The lowest BCUT2D eigenvalue weighted by Gasteiger charge is -2.34. The Labute approximate surface area is 87.1 Å². The standard InChI is InChI=1S/C11H23NO2/c1-3-12(8-9-14-2)10-4-6-11(13)7-5-10/h10-11,13H,3-9H2,1-2H3. The molecular weight excluding hydrogens is 178 g/mol. The second kappa shape index (κ2) is 6.38. The van der Waals surface area contributed by atoms with Crippen LogP contribution < -0.4 is 0 Å². The van der Waals surface area contributed by atoms with Crippen LogP contribution in [-0.2, 0) is 4.74 Å². The second-order valence-corrected chi connectivity index (χ2v) is 4.08. The Balaban J connectivity index is 2.29. The first-order valence-corrected chi connectivity index (χ1v) is 5.69. The summed E-state index contributed by atoms with van der Waals surface area (Å²) in [6.45, 7) is 5.12. The number of hydrogen-bond donors (Lipinski definition) is 1. The number of hydrogen-bond acceptors (Lipinski definition) is 3. The van der Waals surface area contributed by atoms with Crippen LogP contribution in [0.2, 0.25) is 0 Å². The monoisotopic (exact) mass is 201 g/mol. The molecule has 0 spiro atoms. The number of methoxy groups -OCH3 is 1. The van der Waals surface area contributed by atoms with E-state index < -0.39 is 0 Å². The summed E-state index contributed by atoms with van der Waals surface area (Å²) in [7, 11) is 1.75. The smallest absolute Gasteiger partial charge is 0.0589 e. The molecule has 1 fully saturated rings. The minimum absolute atomic E-state index is 0.0487. The first-order valence-electron chi connectivity index (χ1n) is 5.69. The molecule has 1 saturated carbocycles. The van der Waals surface area contributed by atoms with Crippen molar-refractivity contribution in [2.75, 3.05) is 26.8 Å². The minimum atomic E-state index is -0.0487. The SMILES string of the molecule is CCN(CCOC)C1CCC(O)CC1. The van der Waals surface area contributed by atoms with Crippen molar-refractivity contribution in [3.8, 4) is 0 Å². The first-order chi connectivity index (χ1) is 6.77. The summed E-state index contributed by atoms with van der Waals surface area (Å²) in [6, 6.07) is 0.665. The zero-order valence-electron chi connectivity index (χ0n) is 9.41. The van der Waals surface area contributed by atoms with Gasteiger partial charge in [-0.25, -0.2) is 0 Å². The van der Waals surface area contributed by atoms with E-state index in [9.17, 15) is 5.11 Å². The van der Waals surface area contributed by atoms with E-state index in [1.54, 1.807) is 7.11 Å². The molecule has 0 aromatic rings. The maximum atomic E-state index is 9.41. The summed E-state index contributed by atoms with van der Waals surface area (Å²) in [4.78, 5) is 2.47. The van der Waals surface area contributed by atoms with E-state index in [1.807, 2.05) is 0 Å². The summed E-state index contributed by atoms with van der Waals surface area (Å²) in [6.07, 6.45) is 4.16. The molecule has 3 heteroatoms. The molecule has 0 atom stereocenters. The zero-order valence-corrected chi connectivity index (χ0v) is 9.41. The largest absolute Gasteiger partial charge is 0.393 e. The molecule has 0 amide bonds. The molecule has 84 valence electrons. The van der Waals surface area contributed by atoms with Crippen molar-refractivity contribution >= 4 is 0 Å². The molecule has 0 aliphatic heterocycles. The van der Waals surface area contributed by atoms with E-state index in [4.69, 9.17) is 4.74 Å². The van der Waals surface area contributed by atoms with Gasteiger partial charge < -0.3 is 9.84 Å². The lowest BCUT2D eigenvalue weighted by molar-refractivity contribution is 0.0613. The molecule has 0 bridgehead atoms. The van der Waals surface area contributed by atoms with E-state index >= 15 is 0 Å². The molecular formula is C11H23NO2. The van der Waals surface area contributed by atoms with Gasteiger partial charge in [0.05, 0.1) is 12.7 Å². The van der Waals surface area contributed by atoms with Crippen LogP contribution in [0.3, 0.4) is 0 Å². The quantitative estimate of drug-likeness (QED) is 0.727. The van der Waals surface area contributed by atoms with E-state index in [0.717, 1.165) is 45.4 Å². The lowest BCUT2D eigenvalue weighted by atomic mass is 9.92. The Kier molecular flexibility index (Phi) is 5.45. The van der Waals surface area contributed by atoms with Crippen molar-refractivity contribution < 1.29 is 9.84 Å². The van der Waals surface area contributed by atoms with E-state index in [0.29, 0.717) is 6.04 Å². The topological polar surface area (TPSA) is 32.7 Å². The van der Waals surface area contributed by atoms with Crippen LogP contribution in [0.1, 0.15) is 32.6 Å². The van der Waals surface area contributed by atoms with Gasteiger partial charge in [0.1, 0.15) is 0 Å². The third kappa shape index (κ3) is 3.56. The van der Waals surface area contributed by atoms with Crippen LogP contribution >= 0.6 is 0 Å². The fourth-order valence-electron chi connectivity index (χ4n) is 2.23. The third-order valence-electron chi connectivity index (χ3n) is 3.17. The van der Waals surface area contributed by atoms with Gasteiger partial charge in [-0.15, -0.1) is 0 Å². The number of aliphatic hydroxyl groups is 1. The fourth-order valence-corrected chi connectivity index (χ4v) is 2.23. The molecule has 1 aliphatic rings. The summed E-state index contributed by atoms with van der Waals surface area (Å²) in [5, 5.41) is 9.41. The molecule has 14 heavy (non-hydrogen) atoms. The maximum absolute atomic E-state index is 9.41. The highest BCUT2D eigenvalue weighted by atomic mass is 16.5.